The Hall–Kier alpha value is -3.52. The molecule has 0 aromatic heterocycles. The van der Waals surface area contributed by atoms with Crippen LogP contribution in [0.1, 0.15) is 11.1 Å². The molecule has 0 aliphatic carbocycles. The van der Waals surface area contributed by atoms with Crippen LogP contribution in [0.25, 0.3) is 22.9 Å². The van der Waals surface area contributed by atoms with Crippen molar-refractivity contribution in [1.29, 1.82) is 0 Å². The van der Waals surface area contributed by atoms with Crippen LogP contribution in [0.5, 0.6) is 17.2 Å². The molecule has 1 heterocycles. The second-order valence-electron chi connectivity index (χ2n) is 6.49. The van der Waals surface area contributed by atoms with Crippen LogP contribution in [0.15, 0.2) is 78.9 Å². The van der Waals surface area contributed by atoms with Crippen LogP contribution in [0.3, 0.4) is 0 Å². The van der Waals surface area contributed by atoms with Gasteiger partial charge < -0.3 is 9.84 Å². The molecule has 4 aromatic rings. The van der Waals surface area contributed by atoms with Crippen LogP contribution < -0.4 is 15.2 Å². The smallest absolute Gasteiger partial charge is 0.146 e. The molecule has 0 bridgehead atoms. The number of rotatable bonds is 1. The van der Waals surface area contributed by atoms with Gasteiger partial charge in [-0.2, -0.15) is 0 Å². The molecule has 0 atom stereocenters. The van der Waals surface area contributed by atoms with Gasteiger partial charge in [0.15, 0.2) is 0 Å². The van der Waals surface area contributed by atoms with Crippen molar-refractivity contribution in [3.8, 4) is 17.2 Å². The fourth-order valence-electron chi connectivity index (χ4n) is 3.66. The first kappa shape index (κ1) is 14.8. The van der Waals surface area contributed by atoms with Gasteiger partial charge in [0.1, 0.15) is 17.2 Å². The molecule has 1 aliphatic rings. The minimum Gasteiger partial charge on any atom is -0.507 e. The zero-order valence-corrected chi connectivity index (χ0v) is 14.1. The van der Waals surface area contributed by atoms with Crippen molar-refractivity contribution in [2.45, 2.75) is 0 Å². The van der Waals surface area contributed by atoms with E-state index < -0.39 is 0 Å². The molecule has 1 aliphatic heterocycles. The molecule has 2 heteroatoms. The summed E-state index contributed by atoms with van der Waals surface area (Å²) in [4.78, 5) is 0. The number of ether oxygens (including phenoxy) is 1. The van der Waals surface area contributed by atoms with Crippen molar-refractivity contribution in [3.05, 3.63) is 100 Å². The largest absolute Gasteiger partial charge is 0.507 e. The zero-order chi connectivity index (χ0) is 17.7. The highest BCUT2D eigenvalue weighted by Crippen LogP contribution is 2.43. The Labute approximate surface area is 150 Å². The average molecular weight is 336 g/mol. The summed E-state index contributed by atoms with van der Waals surface area (Å²) in [5.41, 5.74) is 3.20. The molecule has 124 valence electrons. The lowest BCUT2D eigenvalue weighted by atomic mass is 9.90. The van der Waals surface area contributed by atoms with Crippen molar-refractivity contribution in [2.24, 2.45) is 0 Å². The normalized spacial score (nSPS) is 12.4. The Balaban J connectivity index is 1.97. The molecule has 0 unspecified atom stereocenters. The van der Waals surface area contributed by atoms with E-state index in [0.717, 1.165) is 43.7 Å². The molecule has 0 saturated carbocycles. The molecule has 2 nitrogen and oxygen atoms in total. The van der Waals surface area contributed by atoms with Gasteiger partial charge in [-0.25, -0.2) is 0 Å². The summed E-state index contributed by atoms with van der Waals surface area (Å²) in [5.74, 6) is 1.68. The highest BCUT2D eigenvalue weighted by molar-refractivity contribution is 6.00. The number of hydrogen-bond donors (Lipinski definition) is 1. The Morgan fingerprint density at radius 1 is 0.808 bits per heavy atom. The summed E-state index contributed by atoms with van der Waals surface area (Å²) in [6, 6.07) is 25.9. The van der Waals surface area contributed by atoms with Gasteiger partial charge in [-0.05, 0) is 34.4 Å². The average Bonchev–Trinajstić information content (AvgIpc) is 2.66. The number of aromatic hydroxyl groups is 1. The van der Waals surface area contributed by atoms with Gasteiger partial charge >= 0.3 is 0 Å². The van der Waals surface area contributed by atoms with Gasteiger partial charge in [0.2, 0.25) is 0 Å². The highest BCUT2D eigenvalue weighted by atomic mass is 16.5. The topological polar surface area (TPSA) is 29.5 Å². The molecular formula is C24H16O2. The summed E-state index contributed by atoms with van der Waals surface area (Å²) in [7, 11) is 0. The Morgan fingerprint density at radius 3 is 2.50 bits per heavy atom. The van der Waals surface area contributed by atoms with E-state index in [0.29, 0.717) is 5.75 Å². The monoisotopic (exact) mass is 336 g/mol. The van der Waals surface area contributed by atoms with Crippen LogP contribution in [0.4, 0.5) is 0 Å². The Kier molecular flexibility index (Phi) is 3.13. The van der Waals surface area contributed by atoms with Crippen molar-refractivity contribution in [3.63, 3.8) is 0 Å². The fourth-order valence-corrected chi connectivity index (χ4v) is 3.66. The molecular weight excluding hydrogens is 320 g/mol. The molecule has 0 saturated heterocycles. The molecule has 1 N–H and O–H groups in total. The van der Waals surface area contributed by atoms with E-state index >= 15 is 0 Å². The third-order valence-corrected chi connectivity index (χ3v) is 4.84. The molecule has 0 spiro atoms. The lowest BCUT2D eigenvalue weighted by Gasteiger charge is -2.23. The predicted molar refractivity (Wildman–Crippen MR) is 105 cm³/mol. The predicted octanol–water partition coefficient (Wildman–Crippen LogP) is 4.31. The van der Waals surface area contributed by atoms with E-state index in [2.05, 4.69) is 30.8 Å². The minimum atomic E-state index is 0.223. The summed E-state index contributed by atoms with van der Waals surface area (Å²) in [6.45, 7) is 4.02. The number of benzene rings is 4. The Bertz CT molecular complexity index is 1270. The zero-order valence-electron chi connectivity index (χ0n) is 14.1. The fraction of sp³-hybridized carbons (Fsp3) is 0. The molecule has 0 fully saturated rings. The number of fused-ring (bicyclic) bond motifs is 4. The van der Waals surface area contributed by atoms with Crippen molar-refractivity contribution >= 4 is 22.9 Å². The number of phenols is 1. The summed E-state index contributed by atoms with van der Waals surface area (Å²) >= 11 is 0. The number of hydrogen-bond acceptors (Lipinski definition) is 2. The van der Waals surface area contributed by atoms with Crippen molar-refractivity contribution < 1.29 is 9.84 Å². The van der Waals surface area contributed by atoms with E-state index in [4.69, 9.17) is 4.74 Å². The lowest BCUT2D eigenvalue weighted by Crippen LogP contribution is -2.19. The molecule has 5 rings (SSSR count). The van der Waals surface area contributed by atoms with Gasteiger partial charge in [0.25, 0.3) is 0 Å². The van der Waals surface area contributed by atoms with Crippen LogP contribution in [0, 0.1) is 0 Å². The maximum atomic E-state index is 10.5. The molecule has 0 amide bonds. The minimum absolute atomic E-state index is 0.223. The first-order chi connectivity index (χ1) is 12.7. The van der Waals surface area contributed by atoms with E-state index in [1.54, 1.807) is 6.07 Å². The third-order valence-electron chi connectivity index (χ3n) is 4.84. The van der Waals surface area contributed by atoms with Crippen LogP contribution >= 0.6 is 0 Å². The maximum absolute atomic E-state index is 10.5. The SMILES string of the molecule is C=c1ccc2c(c1)Oc1c(ccc3cccc(O)c13)C=2c1ccccc1. The second kappa shape index (κ2) is 5.50. The highest BCUT2D eigenvalue weighted by Gasteiger charge is 2.23. The molecule has 26 heavy (non-hydrogen) atoms. The van der Waals surface area contributed by atoms with E-state index in [1.165, 1.54) is 0 Å². The quantitative estimate of drug-likeness (QED) is 0.494. The first-order valence-corrected chi connectivity index (χ1v) is 8.54. The van der Waals surface area contributed by atoms with E-state index in [9.17, 15) is 5.11 Å². The summed E-state index contributed by atoms with van der Waals surface area (Å²) < 4.78 is 6.28. The van der Waals surface area contributed by atoms with E-state index in [1.807, 2.05) is 48.5 Å². The van der Waals surface area contributed by atoms with Crippen molar-refractivity contribution in [2.75, 3.05) is 0 Å². The lowest BCUT2D eigenvalue weighted by molar-refractivity contribution is 0.462. The maximum Gasteiger partial charge on any atom is 0.146 e. The summed E-state index contributed by atoms with van der Waals surface area (Å²) in [6.07, 6.45) is 0. The van der Waals surface area contributed by atoms with Crippen LogP contribution in [-0.4, -0.2) is 5.11 Å². The van der Waals surface area contributed by atoms with Crippen LogP contribution in [0.2, 0.25) is 0 Å². The van der Waals surface area contributed by atoms with Crippen LogP contribution in [-0.2, 0) is 0 Å². The van der Waals surface area contributed by atoms with Crippen molar-refractivity contribution in [1.82, 2.24) is 0 Å². The van der Waals surface area contributed by atoms with Gasteiger partial charge in [0, 0.05) is 16.4 Å². The molecule has 0 radical (unpaired) electrons. The second-order valence-corrected chi connectivity index (χ2v) is 6.49. The van der Waals surface area contributed by atoms with Gasteiger partial charge in [-0.15, -0.1) is 0 Å². The summed E-state index contributed by atoms with van der Waals surface area (Å²) in [5, 5.41) is 14.1. The number of phenolic OH excluding ortho intramolecular Hbond substituents is 1. The van der Waals surface area contributed by atoms with Gasteiger partial charge in [-0.1, -0.05) is 67.2 Å². The first-order valence-electron chi connectivity index (χ1n) is 8.54. The Morgan fingerprint density at radius 2 is 1.65 bits per heavy atom. The van der Waals surface area contributed by atoms with E-state index in [-0.39, 0.29) is 5.75 Å². The molecule has 4 aromatic carbocycles. The third kappa shape index (κ3) is 2.12. The van der Waals surface area contributed by atoms with Gasteiger partial charge in [-0.3, -0.25) is 0 Å². The standard InChI is InChI=1S/C24H16O2/c1-15-10-12-18-21(14-15)26-24-19(22(18)16-6-3-2-4-7-16)13-11-17-8-5-9-20(25)23(17)24/h2-14,25H,1H2. The van der Waals surface area contributed by atoms with Gasteiger partial charge in [0.05, 0.1) is 5.39 Å².